The Labute approximate surface area is 165 Å². The SMILES string of the molecule is C[C@@]12CC[C@@H]3[C@H](CCC4=CC(=O)CC[C@]43CO)[C@@]1(O)CC[C@H]2C1=CC(=O)OC1. The number of ketones is 1. The van der Waals surface area contributed by atoms with E-state index < -0.39 is 5.60 Å². The first-order chi connectivity index (χ1) is 13.3. The Morgan fingerprint density at radius 2 is 1.89 bits per heavy atom. The van der Waals surface area contributed by atoms with E-state index in [9.17, 15) is 19.8 Å². The molecular weight excluding hydrogens is 356 g/mol. The van der Waals surface area contributed by atoms with Crippen LogP contribution < -0.4 is 0 Å². The number of hydrogen-bond acceptors (Lipinski definition) is 5. The Morgan fingerprint density at radius 1 is 1.07 bits per heavy atom. The first-order valence-electron chi connectivity index (χ1n) is 10.8. The molecule has 5 aliphatic rings. The number of aliphatic hydroxyl groups excluding tert-OH is 1. The van der Waals surface area contributed by atoms with Gasteiger partial charge in [0.25, 0.3) is 0 Å². The van der Waals surface area contributed by atoms with E-state index in [-0.39, 0.29) is 46.9 Å². The van der Waals surface area contributed by atoms with E-state index in [1.165, 1.54) is 0 Å². The van der Waals surface area contributed by atoms with Crippen molar-refractivity contribution in [3.8, 4) is 0 Å². The zero-order valence-electron chi connectivity index (χ0n) is 16.6. The molecule has 0 aromatic rings. The second-order valence-corrected chi connectivity index (χ2v) is 10.0. The summed E-state index contributed by atoms with van der Waals surface area (Å²) in [4.78, 5) is 23.6. The van der Waals surface area contributed by atoms with Crippen molar-refractivity contribution in [3.05, 3.63) is 23.3 Å². The molecule has 6 atom stereocenters. The average molecular weight is 386 g/mol. The van der Waals surface area contributed by atoms with Crippen LogP contribution in [-0.2, 0) is 14.3 Å². The quantitative estimate of drug-likeness (QED) is 0.713. The first-order valence-corrected chi connectivity index (χ1v) is 10.8. The van der Waals surface area contributed by atoms with E-state index in [1.54, 1.807) is 12.2 Å². The molecule has 0 radical (unpaired) electrons. The van der Waals surface area contributed by atoms with Gasteiger partial charge >= 0.3 is 5.97 Å². The van der Waals surface area contributed by atoms with Crippen LogP contribution in [0.15, 0.2) is 23.3 Å². The van der Waals surface area contributed by atoms with E-state index in [0.29, 0.717) is 19.4 Å². The van der Waals surface area contributed by atoms with Crippen molar-refractivity contribution in [2.75, 3.05) is 13.2 Å². The monoisotopic (exact) mass is 386 g/mol. The molecule has 0 spiro atoms. The number of cyclic esters (lactones) is 1. The Balaban J connectivity index is 1.52. The van der Waals surface area contributed by atoms with Gasteiger partial charge in [-0.1, -0.05) is 12.5 Å². The van der Waals surface area contributed by atoms with Crippen LogP contribution in [0, 0.1) is 28.6 Å². The summed E-state index contributed by atoms with van der Waals surface area (Å²) in [5.41, 5.74) is 0.765. The summed E-state index contributed by atoms with van der Waals surface area (Å²) in [6, 6.07) is 0. The molecule has 5 nitrogen and oxygen atoms in total. The van der Waals surface area contributed by atoms with Crippen LogP contribution in [-0.4, -0.2) is 40.8 Å². The molecule has 28 heavy (non-hydrogen) atoms. The molecule has 0 bridgehead atoms. The maximum absolute atomic E-state index is 12.1. The van der Waals surface area contributed by atoms with Gasteiger partial charge in [-0.3, -0.25) is 4.79 Å². The highest BCUT2D eigenvalue weighted by Gasteiger charge is 2.67. The number of hydrogen-bond donors (Lipinski definition) is 2. The zero-order chi connectivity index (χ0) is 19.7. The molecule has 5 heteroatoms. The standard InChI is InChI=1S/C23H30O5/c1-21-7-5-18-19(3-2-15-11-16(25)4-8-22(15,18)13-24)23(21,27)9-6-17(21)14-10-20(26)28-12-14/h10-11,17-19,24,27H,2-9,12-13H2,1H3/t17-,18+,19-,21-,22-,23-/m0/s1. The van der Waals surface area contributed by atoms with Crippen molar-refractivity contribution in [2.24, 2.45) is 28.6 Å². The van der Waals surface area contributed by atoms with Gasteiger partial charge in [-0.05, 0) is 74.3 Å². The van der Waals surface area contributed by atoms with Gasteiger partial charge in [0.1, 0.15) is 6.61 Å². The number of esters is 1. The van der Waals surface area contributed by atoms with Crippen molar-refractivity contribution in [1.82, 2.24) is 0 Å². The van der Waals surface area contributed by atoms with Crippen LogP contribution in [0.1, 0.15) is 58.3 Å². The topological polar surface area (TPSA) is 83.8 Å². The lowest BCUT2D eigenvalue weighted by atomic mass is 9.44. The first kappa shape index (κ1) is 18.6. The lowest BCUT2D eigenvalue weighted by Crippen LogP contribution is -2.62. The average Bonchev–Trinajstić information content (AvgIpc) is 3.22. The van der Waals surface area contributed by atoms with Crippen molar-refractivity contribution in [1.29, 1.82) is 0 Å². The fraction of sp³-hybridized carbons (Fsp3) is 0.739. The van der Waals surface area contributed by atoms with Gasteiger partial charge < -0.3 is 14.9 Å². The largest absolute Gasteiger partial charge is 0.458 e. The summed E-state index contributed by atoms with van der Waals surface area (Å²) in [6.07, 6.45) is 9.75. The number of fused-ring (bicyclic) bond motifs is 5. The van der Waals surface area contributed by atoms with E-state index in [1.807, 2.05) is 0 Å². The molecule has 0 aromatic heterocycles. The van der Waals surface area contributed by atoms with Crippen LogP contribution in [0.5, 0.6) is 0 Å². The highest BCUT2D eigenvalue weighted by atomic mass is 16.5. The molecule has 1 aliphatic heterocycles. The van der Waals surface area contributed by atoms with Crippen LogP contribution >= 0.6 is 0 Å². The summed E-state index contributed by atoms with van der Waals surface area (Å²) < 4.78 is 5.17. The number of carbonyl (C=O) groups excluding carboxylic acids is 2. The molecule has 3 fully saturated rings. The maximum Gasteiger partial charge on any atom is 0.331 e. The summed E-state index contributed by atoms with van der Waals surface area (Å²) in [5.74, 6) is 0.446. The summed E-state index contributed by atoms with van der Waals surface area (Å²) in [5, 5.41) is 22.5. The maximum atomic E-state index is 12.1. The lowest BCUT2D eigenvalue weighted by Gasteiger charge is -2.62. The van der Waals surface area contributed by atoms with E-state index in [2.05, 4.69) is 6.92 Å². The number of ether oxygens (including phenoxy) is 1. The van der Waals surface area contributed by atoms with Crippen molar-refractivity contribution in [2.45, 2.75) is 63.9 Å². The molecule has 0 amide bonds. The Morgan fingerprint density at radius 3 is 2.61 bits per heavy atom. The van der Waals surface area contributed by atoms with Gasteiger partial charge in [-0.15, -0.1) is 0 Å². The minimum absolute atomic E-state index is 0.0665. The molecule has 0 saturated heterocycles. The third kappa shape index (κ3) is 2.20. The molecule has 4 aliphatic carbocycles. The summed E-state index contributed by atoms with van der Waals surface area (Å²) in [7, 11) is 0. The minimum atomic E-state index is -0.789. The summed E-state index contributed by atoms with van der Waals surface area (Å²) in [6.45, 7) is 2.63. The highest BCUT2D eigenvalue weighted by Crippen LogP contribution is 2.69. The van der Waals surface area contributed by atoms with Gasteiger partial charge in [0.05, 0.1) is 12.2 Å². The van der Waals surface area contributed by atoms with E-state index in [0.717, 1.165) is 49.7 Å². The highest BCUT2D eigenvalue weighted by molar-refractivity contribution is 5.91. The molecular formula is C23H30O5. The van der Waals surface area contributed by atoms with Gasteiger partial charge in [-0.2, -0.15) is 0 Å². The van der Waals surface area contributed by atoms with Crippen molar-refractivity contribution >= 4 is 11.8 Å². The Hall–Kier alpha value is -1.46. The van der Waals surface area contributed by atoms with Crippen LogP contribution in [0.25, 0.3) is 0 Å². The van der Waals surface area contributed by atoms with Crippen LogP contribution in [0.2, 0.25) is 0 Å². The molecule has 1 heterocycles. The van der Waals surface area contributed by atoms with Crippen LogP contribution in [0.4, 0.5) is 0 Å². The van der Waals surface area contributed by atoms with Gasteiger partial charge in [0.2, 0.25) is 0 Å². The van der Waals surface area contributed by atoms with Crippen molar-refractivity contribution < 1.29 is 24.5 Å². The lowest BCUT2D eigenvalue weighted by molar-refractivity contribution is -0.187. The predicted molar refractivity (Wildman–Crippen MR) is 102 cm³/mol. The molecule has 2 N–H and O–H groups in total. The third-order valence-electron chi connectivity index (χ3n) is 9.29. The second-order valence-electron chi connectivity index (χ2n) is 10.0. The number of aliphatic hydroxyl groups is 2. The molecule has 0 aromatic carbocycles. The number of rotatable bonds is 2. The van der Waals surface area contributed by atoms with Gasteiger partial charge in [-0.25, -0.2) is 4.79 Å². The number of carbonyl (C=O) groups is 2. The van der Waals surface area contributed by atoms with Gasteiger partial charge in [0, 0.05) is 23.3 Å². The predicted octanol–water partition coefficient (Wildman–Crippen LogP) is 2.71. The smallest absolute Gasteiger partial charge is 0.331 e. The normalized spacial score (nSPS) is 47.6. The molecule has 0 unspecified atom stereocenters. The molecule has 152 valence electrons. The Kier molecular flexibility index (Phi) is 3.99. The van der Waals surface area contributed by atoms with E-state index >= 15 is 0 Å². The molecule has 3 saturated carbocycles. The van der Waals surface area contributed by atoms with E-state index in [4.69, 9.17) is 4.74 Å². The fourth-order valence-electron chi connectivity index (χ4n) is 7.82. The molecule has 5 rings (SSSR count). The van der Waals surface area contributed by atoms with Gasteiger partial charge in [0.15, 0.2) is 5.78 Å². The van der Waals surface area contributed by atoms with Crippen molar-refractivity contribution in [3.63, 3.8) is 0 Å². The fourth-order valence-corrected chi connectivity index (χ4v) is 7.82. The summed E-state index contributed by atoms with van der Waals surface area (Å²) >= 11 is 0. The van der Waals surface area contributed by atoms with Crippen LogP contribution in [0.3, 0.4) is 0 Å². The third-order valence-corrected chi connectivity index (χ3v) is 9.29. The zero-order valence-corrected chi connectivity index (χ0v) is 16.6. The second kappa shape index (κ2) is 6.02. The minimum Gasteiger partial charge on any atom is -0.458 e. The Bertz CT molecular complexity index is 797.